The molecule has 1 unspecified atom stereocenters. The van der Waals surface area contributed by atoms with Gasteiger partial charge in [-0.1, -0.05) is 60.7 Å². The minimum Gasteiger partial charge on any atom is -0.368 e. The van der Waals surface area contributed by atoms with Crippen molar-refractivity contribution >= 4 is 22.8 Å². The molecule has 1 saturated heterocycles. The predicted molar refractivity (Wildman–Crippen MR) is 114 cm³/mol. The van der Waals surface area contributed by atoms with Gasteiger partial charge in [-0.15, -0.1) is 0 Å². The number of carbonyl (C=O) groups excluding carboxylic acids is 1. The number of hydrogen-bond acceptors (Lipinski definition) is 4. The van der Waals surface area contributed by atoms with Crippen molar-refractivity contribution in [2.75, 3.05) is 11.4 Å². The van der Waals surface area contributed by atoms with Crippen LogP contribution in [0.25, 0.3) is 33.7 Å². The van der Waals surface area contributed by atoms with Crippen molar-refractivity contribution in [2.24, 2.45) is 5.73 Å². The Balaban J connectivity index is 1.72. The first-order valence-corrected chi connectivity index (χ1v) is 9.78. The molecule has 3 heterocycles. The summed E-state index contributed by atoms with van der Waals surface area (Å²) < 4.78 is 0. The zero-order chi connectivity index (χ0) is 19.8. The highest BCUT2D eigenvalue weighted by atomic mass is 16.1. The zero-order valence-electron chi connectivity index (χ0n) is 15.9. The third-order valence-electron chi connectivity index (χ3n) is 5.44. The van der Waals surface area contributed by atoms with Gasteiger partial charge in [0.1, 0.15) is 17.5 Å². The first-order valence-electron chi connectivity index (χ1n) is 9.78. The summed E-state index contributed by atoms with van der Waals surface area (Å²) in [6, 6.07) is 21.7. The highest BCUT2D eigenvalue weighted by molar-refractivity contribution is 5.95. The Labute approximate surface area is 168 Å². The summed E-state index contributed by atoms with van der Waals surface area (Å²) in [5, 5.41) is 0.900. The first kappa shape index (κ1) is 17.4. The van der Waals surface area contributed by atoms with Gasteiger partial charge < -0.3 is 15.6 Å². The average molecular weight is 383 g/mol. The standard InChI is InChI=1S/C23H21N5O/c24-20(29)19-12-7-13-28(19)23-17-14-18(15-8-3-1-4-9-15)25-22(17)26-21(27-23)16-10-5-2-6-11-16/h1-6,8-11,14,19H,7,12-13H2,(H2,24,29)(H,25,26,27). The van der Waals surface area contributed by atoms with Gasteiger partial charge in [0.05, 0.1) is 5.39 Å². The number of nitrogens with zero attached hydrogens (tertiary/aromatic N) is 3. The van der Waals surface area contributed by atoms with Crippen LogP contribution in [0.1, 0.15) is 12.8 Å². The van der Waals surface area contributed by atoms with Gasteiger partial charge >= 0.3 is 0 Å². The molecule has 1 amide bonds. The summed E-state index contributed by atoms with van der Waals surface area (Å²) in [6.07, 6.45) is 1.66. The molecule has 0 spiro atoms. The zero-order valence-corrected chi connectivity index (χ0v) is 15.9. The van der Waals surface area contributed by atoms with E-state index in [-0.39, 0.29) is 11.9 Å². The molecular formula is C23H21N5O. The Morgan fingerprint density at radius 1 is 1.00 bits per heavy atom. The fourth-order valence-corrected chi connectivity index (χ4v) is 4.02. The van der Waals surface area contributed by atoms with E-state index in [2.05, 4.69) is 23.2 Å². The van der Waals surface area contributed by atoms with Crippen molar-refractivity contribution in [2.45, 2.75) is 18.9 Å². The topological polar surface area (TPSA) is 87.9 Å². The van der Waals surface area contributed by atoms with Crippen molar-refractivity contribution in [3.63, 3.8) is 0 Å². The van der Waals surface area contributed by atoms with Crippen LogP contribution in [0, 0.1) is 0 Å². The molecule has 4 aromatic rings. The van der Waals surface area contributed by atoms with E-state index in [1.807, 2.05) is 53.4 Å². The maximum absolute atomic E-state index is 12.0. The number of carbonyl (C=O) groups is 1. The summed E-state index contributed by atoms with van der Waals surface area (Å²) >= 11 is 0. The van der Waals surface area contributed by atoms with Gasteiger partial charge in [-0.05, 0) is 24.5 Å². The van der Waals surface area contributed by atoms with Crippen molar-refractivity contribution in [3.8, 4) is 22.6 Å². The molecule has 6 nitrogen and oxygen atoms in total. The van der Waals surface area contributed by atoms with Crippen LogP contribution in [0.4, 0.5) is 5.82 Å². The number of rotatable bonds is 4. The molecule has 0 saturated carbocycles. The third-order valence-corrected chi connectivity index (χ3v) is 5.44. The number of aromatic amines is 1. The van der Waals surface area contributed by atoms with E-state index in [0.29, 0.717) is 5.82 Å². The largest absolute Gasteiger partial charge is 0.368 e. The minimum absolute atomic E-state index is 0.311. The lowest BCUT2D eigenvalue weighted by molar-refractivity contribution is -0.119. The molecular weight excluding hydrogens is 362 g/mol. The van der Waals surface area contributed by atoms with Crippen LogP contribution in [-0.2, 0) is 4.79 Å². The second-order valence-electron chi connectivity index (χ2n) is 7.30. The molecule has 6 heteroatoms. The van der Waals surface area contributed by atoms with Crippen molar-refractivity contribution in [1.29, 1.82) is 0 Å². The van der Waals surface area contributed by atoms with Crippen molar-refractivity contribution < 1.29 is 4.79 Å². The lowest BCUT2D eigenvalue weighted by Crippen LogP contribution is -2.40. The van der Waals surface area contributed by atoms with Crippen LogP contribution >= 0.6 is 0 Å². The van der Waals surface area contributed by atoms with E-state index in [9.17, 15) is 4.79 Å². The lowest BCUT2D eigenvalue weighted by atomic mass is 10.1. The fraction of sp³-hybridized carbons (Fsp3) is 0.174. The molecule has 0 aliphatic carbocycles. The van der Waals surface area contributed by atoms with Gasteiger partial charge in [0.2, 0.25) is 5.91 Å². The van der Waals surface area contributed by atoms with E-state index in [4.69, 9.17) is 15.7 Å². The Bertz CT molecular complexity index is 1170. The van der Waals surface area contributed by atoms with E-state index in [1.165, 1.54) is 0 Å². The van der Waals surface area contributed by atoms with Crippen molar-refractivity contribution in [1.82, 2.24) is 15.0 Å². The Kier molecular flexibility index (Phi) is 4.24. The highest BCUT2D eigenvalue weighted by Gasteiger charge is 2.32. The van der Waals surface area contributed by atoms with Gasteiger partial charge in [-0.3, -0.25) is 4.79 Å². The second-order valence-corrected chi connectivity index (χ2v) is 7.30. The summed E-state index contributed by atoms with van der Waals surface area (Å²) in [4.78, 5) is 27.2. The maximum Gasteiger partial charge on any atom is 0.240 e. The number of hydrogen-bond donors (Lipinski definition) is 2. The van der Waals surface area contributed by atoms with Crippen LogP contribution in [-0.4, -0.2) is 33.4 Å². The van der Waals surface area contributed by atoms with Crippen molar-refractivity contribution in [3.05, 3.63) is 66.7 Å². The van der Waals surface area contributed by atoms with Gasteiger partial charge in [0, 0.05) is 17.8 Å². The van der Waals surface area contributed by atoms with Crippen LogP contribution in [0.3, 0.4) is 0 Å². The number of H-pyrrole nitrogens is 1. The molecule has 1 aliphatic rings. The molecule has 0 radical (unpaired) electrons. The molecule has 144 valence electrons. The number of amides is 1. The third kappa shape index (κ3) is 3.12. The number of nitrogens with one attached hydrogen (secondary N) is 1. The lowest BCUT2D eigenvalue weighted by Gasteiger charge is -2.24. The molecule has 0 bridgehead atoms. The van der Waals surface area contributed by atoms with Gasteiger partial charge in [-0.2, -0.15) is 0 Å². The number of anilines is 1. The molecule has 1 atom stereocenters. The normalized spacial score (nSPS) is 16.4. The molecule has 1 fully saturated rings. The first-order chi connectivity index (χ1) is 14.2. The second kappa shape index (κ2) is 7.05. The predicted octanol–water partition coefficient (Wildman–Crippen LogP) is 3.75. The summed E-state index contributed by atoms with van der Waals surface area (Å²) in [6.45, 7) is 0.750. The summed E-state index contributed by atoms with van der Waals surface area (Å²) in [7, 11) is 0. The molecule has 5 rings (SSSR count). The van der Waals surface area contributed by atoms with E-state index < -0.39 is 0 Å². The minimum atomic E-state index is -0.341. The quantitative estimate of drug-likeness (QED) is 0.562. The van der Waals surface area contributed by atoms with Crippen LogP contribution in [0.5, 0.6) is 0 Å². The van der Waals surface area contributed by atoms with Gasteiger partial charge in [0.15, 0.2) is 5.82 Å². The monoisotopic (exact) mass is 383 g/mol. The molecule has 3 N–H and O–H groups in total. The van der Waals surface area contributed by atoms with E-state index >= 15 is 0 Å². The SMILES string of the molecule is NC(=O)C1CCCN1c1nc(-c2ccccc2)nc2[nH]c(-c3ccccc3)cc12. The summed E-state index contributed by atoms with van der Waals surface area (Å²) in [5.41, 5.74) is 9.41. The van der Waals surface area contributed by atoms with E-state index in [0.717, 1.165) is 53.1 Å². The molecule has 1 aliphatic heterocycles. The van der Waals surface area contributed by atoms with Crippen LogP contribution < -0.4 is 10.6 Å². The Morgan fingerprint density at radius 2 is 1.69 bits per heavy atom. The number of primary amides is 1. The smallest absolute Gasteiger partial charge is 0.240 e. The average Bonchev–Trinajstić information content (AvgIpc) is 3.41. The number of nitrogens with two attached hydrogens (primary N) is 1. The molecule has 2 aromatic heterocycles. The van der Waals surface area contributed by atoms with Crippen LogP contribution in [0.2, 0.25) is 0 Å². The van der Waals surface area contributed by atoms with Crippen LogP contribution in [0.15, 0.2) is 66.7 Å². The maximum atomic E-state index is 12.0. The summed E-state index contributed by atoms with van der Waals surface area (Å²) in [5.74, 6) is 1.08. The van der Waals surface area contributed by atoms with Gasteiger partial charge in [-0.25, -0.2) is 9.97 Å². The number of aromatic nitrogens is 3. The fourth-order valence-electron chi connectivity index (χ4n) is 4.02. The highest BCUT2D eigenvalue weighted by Crippen LogP contribution is 2.34. The van der Waals surface area contributed by atoms with Gasteiger partial charge in [0.25, 0.3) is 0 Å². The molecule has 2 aromatic carbocycles. The number of fused-ring (bicyclic) bond motifs is 1. The molecule has 29 heavy (non-hydrogen) atoms. The Morgan fingerprint density at radius 3 is 2.38 bits per heavy atom. The number of benzene rings is 2. The Hall–Kier alpha value is -3.67. The van der Waals surface area contributed by atoms with E-state index in [1.54, 1.807) is 0 Å².